The Balaban J connectivity index is 2.56. The van der Waals surface area contributed by atoms with Gasteiger partial charge in [0.2, 0.25) is 12.4 Å². The molecule has 0 spiro atoms. The fraction of sp³-hybridized carbons (Fsp3) is 0.714. The van der Waals surface area contributed by atoms with Crippen molar-refractivity contribution in [3.8, 4) is 0 Å². The zero-order valence-corrected chi connectivity index (χ0v) is 26.9. The third kappa shape index (κ3) is 12.1. The van der Waals surface area contributed by atoms with Gasteiger partial charge in [0.15, 0.2) is 36.8 Å². The monoisotopic (exact) mass is 678 g/mol. The topological polar surface area (TPSA) is 238 Å². The van der Waals surface area contributed by atoms with Gasteiger partial charge in [0.05, 0.1) is 6.61 Å². The lowest BCUT2D eigenvalue weighted by atomic mass is 9.97. The average Bonchev–Trinajstić information content (AvgIpc) is 2.91. The Kier molecular flexibility index (Phi) is 14.5. The van der Waals surface area contributed by atoms with Crippen molar-refractivity contribution in [1.29, 1.82) is 0 Å². The quantitative estimate of drug-likeness (QED) is 0.181. The van der Waals surface area contributed by atoms with Crippen molar-refractivity contribution in [1.82, 2.24) is 0 Å². The van der Waals surface area contributed by atoms with Gasteiger partial charge in [-0.15, -0.1) is 0 Å². The van der Waals surface area contributed by atoms with E-state index in [0.717, 1.165) is 55.4 Å². The van der Waals surface area contributed by atoms with Crippen LogP contribution in [-0.4, -0.2) is 122 Å². The summed E-state index contributed by atoms with van der Waals surface area (Å²) in [5.74, 6) is -6.93. The summed E-state index contributed by atoms with van der Waals surface area (Å²) in [6.45, 7) is 7.09. The molecule has 0 bridgehead atoms. The van der Waals surface area contributed by atoms with Crippen molar-refractivity contribution in [2.24, 2.45) is 0 Å². The number of carbonyl (C=O) groups excluding carboxylic acids is 8. The Bertz CT molecular complexity index is 1200. The van der Waals surface area contributed by atoms with Gasteiger partial charge in [-0.05, 0) is 0 Å². The van der Waals surface area contributed by atoms with Gasteiger partial charge in [-0.3, -0.25) is 38.4 Å². The molecule has 0 saturated carbocycles. The number of ether oxygens (including phenoxy) is 11. The lowest BCUT2D eigenvalue weighted by molar-refractivity contribution is -0.331. The molecule has 0 radical (unpaired) electrons. The fourth-order valence-corrected chi connectivity index (χ4v) is 4.76. The van der Waals surface area contributed by atoms with Gasteiger partial charge < -0.3 is 52.1 Å². The van der Waals surface area contributed by atoms with E-state index in [1.807, 2.05) is 0 Å². The van der Waals surface area contributed by atoms with Gasteiger partial charge in [0, 0.05) is 55.4 Å². The first-order chi connectivity index (χ1) is 21.9. The molecule has 2 aliphatic heterocycles. The molecule has 10 atom stereocenters. The summed E-state index contributed by atoms with van der Waals surface area (Å²) in [6.07, 6.45) is -15.6. The Morgan fingerprint density at radius 3 is 1.09 bits per heavy atom. The van der Waals surface area contributed by atoms with E-state index < -0.39 is 122 Å². The van der Waals surface area contributed by atoms with E-state index in [1.54, 1.807) is 0 Å². The van der Waals surface area contributed by atoms with E-state index in [-0.39, 0.29) is 0 Å². The Morgan fingerprint density at radius 1 is 0.383 bits per heavy atom. The van der Waals surface area contributed by atoms with E-state index in [4.69, 9.17) is 52.1 Å². The molecular weight excluding hydrogens is 640 g/mol. The second-order valence-corrected chi connectivity index (χ2v) is 10.3. The van der Waals surface area contributed by atoms with Crippen molar-refractivity contribution in [2.75, 3.05) is 13.2 Å². The summed E-state index contributed by atoms with van der Waals surface area (Å²) in [5, 5.41) is 0. The van der Waals surface area contributed by atoms with Crippen LogP contribution in [0.15, 0.2) is 0 Å². The van der Waals surface area contributed by atoms with Crippen molar-refractivity contribution >= 4 is 47.8 Å². The molecule has 0 amide bonds. The van der Waals surface area contributed by atoms with Gasteiger partial charge in [-0.25, -0.2) is 0 Å². The average molecular weight is 679 g/mol. The molecule has 0 aromatic carbocycles. The summed E-state index contributed by atoms with van der Waals surface area (Å²) in [7, 11) is 0. The molecule has 2 heterocycles. The summed E-state index contributed by atoms with van der Waals surface area (Å²) in [4.78, 5) is 95.9. The minimum atomic E-state index is -1.71. The van der Waals surface area contributed by atoms with E-state index in [0.29, 0.717) is 0 Å². The molecule has 47 heavy (non-hydrogen) atoms. The fourth-order valence-electron chi connectivity index (χ4n) is 4.76. The molecule has 2 saturated heterocycles. The molecule has 2 fully saturated rings. The number of hydrogen-bond acceptors (Lipinski definition) is 19. The highest BCUT2D eigenvalue weighted by Crippen LogP contribution is 2.33. The molecule has 19 heteroatoms. The Hall–Kier alpha value is -4.36. The summed E-state index contributed by atoms with van der Waals surface area (Å²) in [5.41, 5.74) is 0. The molecule has 0 aliphatic carbocycles. The van der Waals surface area contributed by atoms with Crippen molar-refractivity contribution in [2.45, 2.75) is 117 Å². The third-order valence-corrected chi connectivity index (χ3v) is 6.15. The maximum absolute atomic E-state index is 12.1. The van der Waals surface area contributed by atoms with Crippen LogP contribution in [0.2, 0.25) is 0 Å². The maximum Gasteiger partial charge on any atom is 0.305 e. The van der Waals surface area contributed by atoms with Crippen LogP contribution in [0.25, 0.3) is 0 Å². The molecule has 0 aromatic rings. The molecule has 0 aromatic heterocycles. The van der Waals surface area contributed by atoms with Crippen molar-refractivity contribution in [3.05, 3.63) is 0 Å². The van der Waals surface area contributed by atoms with E-state index in [1.165, 1.54) is 0 Å². The van der Waals surface area contributed by atoms with E-state index in [2.05, 4.69) is 0 Å². The van der Waals surface area contributed by atoms with Crippen LogP contribution in [0, 0.1) is 0 Å². The van der Waals surface area contributed by atoms with Crippen molar-refractivity contribution < 1.29 is 90.5 Å². The molecule has 2 aliphatic rings. The van der Waals surface area contributed by atoms with E-state index in [9.17, 15) is 38.4 Å². The minimum absolute atomic E-state index is 0.541. The largest absolute Gasteiger partial charge is 0.463 e. The second-order valence-electron chi connectivity index (χ2n) is 10.3. The molecule has 19 nitrogen and oxygen atoms in total. The van der Waals surface area contributed by atoms with Gasteiger partial charge in [0.1, 0.15) is 18.8 Å². The van der Waals surface area contributed by atoms with Crippen molar-refractivity contribution in [3.63, 3.8) is 0 Å². The standard InChI is InChI=1S/C28H38O19/c1-11(29)37-9-19-21(39-12(2)30)23(41-14(4)32)25(43-16(6)34)27(46-19)38-10-20-22(40-13(3)31)24(42-15(5)33)26(44-17(7)35)28(47-20)45-18(8)36/h19-28H,9-10H2,1-8H3/t19-,20-,21-,22+,23+,24+,25+,26+,27-,28-/m1/s1. The predicted molar refractivity (Wildman–Crippen MR) is 145 cm³/mol. The highest BCUT2D eigenvalue weighted by molar-refractivity contribution is 5.70. The van der Waals surface area contributed by atoms with Crippen LogP contribution < -0.4 is 0 Å². The predicted octanol–water partition coefficient (Wildman–Crippen LogP) is -0.831. The summed E-state index contributed by atoms with van der Waals surface area (Å²) in [6, 6.07) is 0. The Morgan fingerprint density at radius 2 is 0.702 bits per heavy atom. The van der Waals surface area contributed by atoms with Gasteiger partial charge >= 0.3 is 47.8 Å². The molecule has 0 N–H and O–H groups in total. The summed E-state index contributed by atoms with van der Waals surface area (Å²) >= 11 is 0. The first-order valence-corrected chi connectivity index (χ1v) is 14.2. The number of esters is 8. The molecule has 0 unspecified atom stereocenters. The first kappa shape index (κ1) is 38.8. The van der Waals surface area contributed by atoms with Gasteiger partial charge in [-0.2, -0.15) is 0 Å². The first-order valence-electron chi connectivity index (χ1n) is 14.2. The van der Waals surface area contributed by atoms with Crippen LogP contribution in [0.1, 0.15) is 55.4 Å². The van der Waals surface area contributed by atoms with Gasteiger partial charge in [-0.1, -0.05) is 0 Å². The molecular formula is C28H38O19. The maximum atomic E-state index is 12.1. The van der Waals surface area contributed by atoms with E-state index >= 15 is 0 Å². The van der Waals surface area contributed by atoms with Crippen LogP contribution in [0.4, 0.5) is 0 Å². The highest BCUT2D eigenvalue weighted by atomic mass is 16.8. The molecule has 2 rings (SSSR count). The minimum Gasteiger partial charge on any atom is -0.463 e. The third-order valence-electron chi connectivity index (χ3n) is 6.15. The second kappa shape index (κ2) is 17.5. The van der Waals surface area contributed by atoms with Crippen LogP contribution >= 0.6 is 0 Å². The number of rotatable bonds is 12. The Labute approximate surface area is 268 Å². The highest BCUT2D eigenvalue weighted by Gasteiger charge is 2.56. The summed E-state index contributed by atoms with van der Waals surface area (Å²) < 4.78 is 59.8. The number of carbonyl (C=O) groups is 8. The van der Waals surface area contributed by atoms with Crippen LogP contribution in [-0.2, 0) is 90.5 Å². The van der Waals surface area contributed by atoms with Gasteiger partial charge in [0.25, 0.3) is 0 Å². The van der Waals surface area contributed by atoms with Crippen LogP contribution in [0.5, 0.6) is 0 Å². The zero-order valence-electron chi connectivity index (χ0n) is 26.9. The lowest BCUT2D eigenvalue weighted by Crippen LogP contribution is -2.65. The van der Waals surface area contributed by atoms with Crippen LogP contribution in [0.3, 0.4) is 0 Å². The normalized spacial score (nSPS) is 30.0. The SMILES string of the molecule is CC(=O)OC[C@H]1O[C@@H](OC[C@H]2O[C@@H](OC(C)=O)[C@@H](OC(C)=O)[C@@H](OC(C)=O)[C@H]2OC(C)=O)[C@@H](OC(C)=O)[C@@H](OC(C)=O)[C@@H]1OC(C)=O. The zero-order chi connectivity index (χ0) is 35.6. The number of hydrogen-bond donors (Lipinski definition) is 0. The lowest BCUT2D eigenvalue weighted by Gasteiger charge is -2.46. The smallest absolute Gasteiger partial charge is 0.305 e. The molecule has 264 valence electrons.